The number of thioether (sulfide) groups is 1. The van der Waals surface area contributed by atoms with Crippen molar-refractivity contribution in [3.8, 4) is 0 Å². The van der Waals surface area contributed by atoms with Crippen LogP contribution in [0.3, 0.4) is 0 Å². The predicted octanol–water partition coefficient (Wildman–Crippen LogP) is 2.54. The summed E-state index contributed by atoms with van der Waals surface area (Å²) in [7, 11) is 0. The maximum atomic E-state index is 9.45. The van der Waals surface area contributed by atoms with E-state index >= 15 is 0 Å². The van der Waals surface area contributed by atoms with E-state index in [9.17, 15) is 5.11 Å². The molecule has 0 aromatic heterocycles. The van der Waals surface area contributed by atoms with Gasteiger partial charge in [-0.1, -0.05) is 27.7 Å². The Labute approximate surface area is 74.6 Å². The summed E-state index contributed by atoms with van der Waals surface area (Å²) in [6.07, 6.45) is 1.06. The van der Waals surface area contributed by atoms with Crippen LogP contribution >= 0.6 is 11.8 Å². The third-order valence-electron chi connectivity index (χ3n) is 1.90. The first-order chi connectivity index (χ1) is 5.07. The second-order valence-corrected chi connectivity index (χ2v) is 4.83. The molecule has 1 nitrogen and oxygen atoms in total. The molecule has 0 amide bonds. The van der Waals surface area contributed by atoms with Crippen molar-refractivity contribution in [2.24, 2.45) is 5.92 Å². The second kappa shape index (κ2) is 5.90. The van der Waals surface area contributed by atoms with Crippen LogP contribution in [0.15, 0.2) is 0 Å². The van der Waals surface area contributed by atoms with Gasteiger partial charge in [0, 0.05) is 11.0 Å². The fourth-order valence-electron chi connectivity index (χ4n) is 0.573. The van der Waals surface area contributed by atoms with E-state index < -0.39 is 0 Å². The van der Waals surface area contributed by atoms with E-state index in [1.165, 1.54) is 6.42 Å². The summed E-state index contributed by atoms with van der Waals surface area (Å²) >= 11 is 1.86. The summed E-state index contributed by atoms with van der Waals surface area (Å²) in [5.74, 6) is 1.28. The molecular formula is C9H20OS. The highest BCUT2D eigenvalue weighted by atomic mass is 32.2. The van der Waals surface area contributed by atoms with Crippen molar-refractivity contribution in [2.45, 2.75) is 45.5 Å². The predicted molar refractivity (Wildman–Crippen MR) is 53.1 cm³/mol. The van der Waals surface area contributed by atoms with Gasteiger partial charge in [-0.05, 0) is 12.3 Å². The maximum Gasteiger partial charge on any atom is 0.0653 e. The standard InChI is InChI=1S/C9H20OS/c1-5-8(4)11-6-9(10)7(2)3/h7-10H,5-6H2,1-4H3. The van der Waals surface area contributed by atoms with Crippen molar-refractivity contribution in [1.29, 1.82) is 0 Å². The number of hydrogen-bond donors (Lipinski definition) is 1. The zero-order valence-electron chi connectivity index (χ0n) is 8.00. The average Bonchev–Trinajstić information content (AvgIpc) is 1.99. The molecule has 0 saturated carbocycles. The van der Waals surface area contributed by atoms with Crippen LogP contribution < -0.4 is 0 Å². The minimum atomic E-state index is -0.131. The van der Waals surface area contributed by atoms with Crippen molar-refractivity contribution >= 4 is 11.8 Å². The Balaban J connectivity index is 3.37. The Morgan fingerprint density at radius 3 is 2.18 bits per heavy atom. The fraction of sp³-hybridized carbons (Fsp3) is 1.00. The first-order valence-electron chi connectivity index (χ1n) is 4.37. The molecule has 68 valence electrons. The Bertz CT molecular complexity index is 93.6. The Hall–Kier alpha value is 0.310. The lowest BCUT2D eigenvalue weighted by molar-refractivity contribution is 0.149. The summed E-state index contributed by atoms with van der Waals surface area (Å²) in [6.45, 7) is 8.50. The van der Waals surface area contributed by atoms with Crippen LogP contribution in [0.1, 0.15) is 34.1 Å². The highest BCUT2D eigenvalue weighted by molar-refractivity contribution is 7.99. The Kier molecular flexibility index (Phi) is 6.06. The molecule has 0 spiro atoms. The van der Waals surface area contributed by atoms with Crippen LogP contribution in [-0.2, 0) is 0 Å². The highest BCUT2D eigenvalue weighted by Crippen LogP contribution is 2.17. The van der Waals surface area contributed by atoms with Gasteiger partial charge in [0.05, 0.1) is 6.10 Å². The molecule has 2 heteroatoms. The molecule has 2 atom stereocenters. The van der Waals surface area contributed by atoms with E-state index in [0.717, 1.165) is 5.75 Å². The number of aliphatic hydroxyl groups excluding tert-OH is 1. The minimum Gasteiger partial charge on any atom is -0.392 e. The lowest BCUT2D eigenvalue weighted by Gasteiger charge is -2.15. The molecular weight excluding hydrogens is 156 g/mol. The molecule has 1 N–H and O–H groups in total. The van der Waals surface area contributed by atoms with E-state index in [1.807, 2.05) is 11.8 Å². The summed E-state index contributed by atoms with van der Waals surface area (Å²) in [6, 6.07) is 0. The zero-order chi connectivity index (χ0) is 8.85. The molecule has 0 heterocycles. The third kappa shape index (κ3) is 5.57. The van der Waals surface area contributed by atoms with Gasteiger partial charge in [-0.15, -0.1) is 0 Å². The second-order valence-electron chi connectivity index (χ2n) is 3.36. The molecule has 0 aliphatic rings. The van der Waals surface area contributed by atoms with Gasteiger partial charge in [-0.3, -0.25) is 0 Å². The Morgan fingerprint density at radius 2 is 1.82 bits per heavy atom. The van der Waals surface area contributed by atoms with Gasteiger partial charge in [0.25, 0.3) is 0 Å². The first-order valence-corrected chi connectivity index (χ1v) is 5.42. The normalized spacial score (nSPS) is 16.9. The fourth-order valence-corrected chi connectivity index (χ4v) is 1.72. The highest BCUT2D eigenvalue weighted by Gasteiger charge is 2.10. The maximum absolute atomic E-state index is 9.45. The average molecular weight is 176 g/mol. The van der Waals surface area contributed by atoms with Gasteiger partial charge in [0.15, 0.2) is 0 Å². The van der Waals surface area contributed by atoms with Crippen LogP contribution in [0.25, 0.3) is 0 Å². The molecule has 2 unspecified atom stereocenters. The number of rotatable bonds is 5. The van der Waals surface area contributed by atoms with Crippen LogP contribution in [0.2, 0.25) is 0 Å². The summed E-state index contributed by atoms with van der Waals surface area (Å²) in [5.41, 5.74) is 0. The van der Waals surface area contributed by atoms with Crippen molar-refractivity contribution < 1.29 is 5.11 Å². The molecule has 0 fully saturated rings. The van der Waals surface area contributed by atoms with Crippen molar-refractivity contribution in [1.82, 2.24) is 0 Å². The van der Waals surface area contributed by atoms with Gasteiger partial charge in [0.2, 0.25) is 0 Å². The molecule has 0 aromatic rings. The minimum absolute atomic E-state index is 0.131. The number of aliphatic hydroxyl groups is 1. The molecule has 0 bridgehead atoms. The lowest BCUT2D eigenvalue weighted by Crippen LogP contribution is -2.18. The van der Waals surface area contributed by atoms with Crippen LogP contribution in [0.4, 0.5) is 0 Å². The van der Waals surface area contributed by atoms with E-state index in [0.29, 0.717) is 11.2 Å². The molecule has 0 radical (unpaired) electrons. The summed E-state index contributed by atoms with van der Waals surface area (Å²) in [5, 5.41) is 10.1. The lowest BCUT2D eigenvalue weighted by atomic mass is 10.1. The Morgan fingerprint density at radius 1 is 1.27 bits per heavy atom. The monoisotopic (exact) mass is 176 g/mol. The van der Waals surface area contributed by atoms with Crippen LogP contribution in [-0.4, -0.2) is 22.2 Å². The van der Waals surface area contributed by atoms with E-state index in [1.54, 1.807) is 0 Å². The van der Waals surface area contributed by atoms with Gasteiger partial charge < -0.3 is 5.11 Å². The van der Waals surface area contributed by atoms with Gasteiger partial charge >= 0.3 is 0 Å². The van der Waals surface area contributed by atoms with Crippen LogP contribution in [0.5, 0.6) is 0 Å². The topological polar surface area (TPSA) is 20.2 Å². The molecule has 11 heavy (non-hydrogen) atoms. The molecule has 0 aliphatic heterocycles. The van der Waals surface area contributed by atoms with E-state index in [2.05, 4.69) is 27.7 Å². The summed E-state index contributed by atoms with van der Waals surface area (Å²) < 4.78 is 0. The van der Waals surface area contributed by atoms with Crippen molar-refractivity contribution in [3.05, 3.63) is 0 Å². The summed E-state index contributed by atoms with van der Waals surface area (Å²) in [4.78, 5) is 0. The van der Waals surface area contributed by atoms with E-state index in [-0.39, 0.29) is 6.10 Å². The SMILES string of the molecule is CCC(C)SCC(O)C(C)C. The van der Waals surface area contributed by atoms with Gasteiger partial charge in [-0.2, -0.15) is 11.8 Å². The zero-order valence-corrected chi connectivity index (χ0v) is 8.82. The molecule has 0 aliphatic carbocycles. The molecule has 0 saturated heterocycles. The van der Waals surface area contributed by atoms with Crippen molar-refractivity contribution in [2.75, 3.05) is 5.75 Å². The number of hydrogen-bond acceptors (Lipinski definition) is 2. The molecule has 0 aromatic carbocycles. The quantitative estimate of drug-likeness (QED) is 0.694. The van der Waals surface area contributed by atoms with Crippen LogP contribution in [0, 0.1) is 5.92 Å². The first kappa shape index (κ1) is 11.3. The largest absolute Gasteiger partial charge is 0.392 e. The van der Waals surface area contributed by atoms with E-state index in [4.69, 9.17) is 0 Å². The van der Waals surface area contributed by atoms with Crippen molar-refractivity contribution in [3.63, 3.8) is 0 Å². The third-order valence-corrected chi connectivity index (χ3v) is 3.33. The van der Waals surface area contributed by atoms with Gasteiger partial charge in [0.1, 0.15) is 0 Å². The smallest absolute Gasteiger partial charge is 0.0653 e. The molecule has 0 rings (SSSR count). The van der Waals surface area contributed by atoms with Gasteiger partial charge in [-0.25, -0.2) is 0 Å².